The van der Waals surface area contributed by atoms with Crippen LogP contribution in [0, 0.1) is 6.07 Å². The van der Waals surface area contributed by atoms with Gasteiger partial charge in [0.1, 0.15) is 11.4 Å². The van der Waals surface area contributed by atoms with Crippen molar-refractivity contribution in [1.29, 1.82) is 0 Å². The van der Waals surface area contributed by atoms with Crippen LogP contribution in [0.3, 0.4) is 0 Å². The van der Waals surface area contributed by atoms with E-state index in [1.165, 1.54) is 6.26 Å². The molecule has 0 saturated carbocycles. The minimum atomic E-state index is 0.155. The lowest BCUT2D eigenvalue weighted by Crippen LogP contribution is -1.95. The van der Waals surface area contributed by atoms with Gasteiger partial charge in [-0.1, -0.05) is 12.1 Å². The topological polar surface area (TPSA) is 30.2 Å². The zero-order valence-corrected chi connectivity index (χ0v) is 7.33. The van der Waals surface area contributed by atoms with E-state index >= 15 is 0 Å². The van der Waals surface area contributed by atoms with Crippen LogP contribution in [-0.2, 0) is 11.2 Å². The Morgan fingerprint density at radius 1 is 1.54 bits per heavy atom. The van der Waals surface area contributed by atoms with Crippen molar-refractivity contribution in [3.63, 3.8) is 0 Å². The first-order valence-electron chi connectivity index (χ1n) is 4.13. The molecule has 0 fully saturated rings. The summed E-state index contributed by atoms with van der Waals surface area (Å²) in [6.07, 6.45) is 1.97. The lowest BCUT2D eigenvalue weighted by Gasteiger charge is -1.97. The molecule has 0 unspecified atom stereocenters. The number of Topliss-reactive ketones (excluding diaryl/α,β-unsaturated/α-hetero) is 1. The van der Waals surface area contributed by atoms with Crippen molar-refractivity contribution in [3.05, 3.63) is 36.1 Å². The summed E-state index contributed by atoms with van der Waals surface area (Å²) in [5.41, 5.74) is 1.78. The second kappa shape index (κ2) is 3.05. The molecule has 1 heterocycles. The van der Waals surface area contributed by atoms with Gasteiger partial charge in [-0.15, -0.1) is 0 Å². The molecule has 0 aliphatic carbocycles. The van der Waals surface area contributed by atoms with Crippen LogP contribution in [0.2, 0.25) is 0 Å². The van der Waals surface area contributed by atoms with Crippen molar-refractivity contribution in [2.75, 3.05) is 0 Å². The van der Waals surface area contributed by atoms with Crippen molar-refractivity contribution >= 4 is 16.8 Å². The molecule has 2 nitrogen and oxygen atoms in total. The Balaban J connectivity index is 2.54. The second-order valence-corrected chi connectivity index (χ2v) is 3.05. The van der Waals surface area contributed by atoms with Gasteiger partial charge in [0.15, 0.2) is 0 Å². The molecule has 0 bridgehead atoms. The molecule has 2 heteroatoms. The number of fused-ring (bicyclic) bond motifs is 1. The summed E-state index contributed by atoms with van der Waals surface area (Å²) < 4.78 is 5.17. The lowest BCUT2D eigenvalue weighted by atomic mass is 10.1. The number of hydrogen-bond acceptors (Lipinski definition) is 2. The Bertz CT molecular complexity index is 440. The minimum absolute atomic E-state index is 0.155. The average Bonchev–Trinajstić information content (AvgIpc) is 2.51. The average molecular weight is 173 g/mol. The molecule has 0 saturated heterocycles. The van der Waals surface area contributed by atoms with E-state index in [0.29, 0.717) is 6.42 Å². The van der Waals surface area contributed by atoms with E-state index in [1.807, 2.05) is 18.2 Å². The summed E-state index contributed by atoms with van der Waals surface area (Å²) in [7, 11) is 0. The maximum Gasteiger partial charge on any atom is 0.134 e. The number of ketones is 1. The third kappa shape index (κ3) is 1.47. The van der Waals surface area contributed by atoms with Crippen LogP contribution in [0.25, 0.3) is 11.0 Å². The fourth-order valence-electron chi connectivity index (χ4n) is 1.41. The molecule has 2 aromatic rings. The van der Waals surface area contributed by atoms with E-state index in [-0.39, 0.29) is 5.78 Å². The molecule has 1 aromatic heterocycles. The molecular weight excluding hydrogens is 164 g/mol. The highest BCUT2D eigenvalue weighted by molar-refractivity contribution is 5.87. The van der Waals surface area contributed by atoms with Gasteiger partial charge in [0.05, 0.1) is 6.26 Å². The third-order valence-corrected chi connectivity index (χ3v) is 1.94. The monoisotopic (exact) mass is 173 g/mol. The van der Waals surface area contributed by atoms with Gasteiger partial charge in [0.2, 0.25) is 0 Å². The van der Waals surface area contributed by atoms with E-state index in [1.54, 1.807) is 6.92 Å². The minimum Gasteiger partial charge on any atom is -0.464 e. The zero-order valence-electron chi connectivity index (χ0n) is 7.33. The first-order valence-corrected chi connectivity index (χ1v) is 4.13. The molecule has 1 radical (unpaired) electrons. The van der Waals surface area contributed by atoms with Gasteiger partial charge in [0, 0.05) is 17.9 Å². The molecule has 2 rings (SSSR count). The summed E-state index contributed by atoms with van der Waals surface area (Å²) in [6.45, 7) is 1.58. The lowest BCUT2D eigenvalue weighted by molar-refractivity contribution is -0.116. The van der Waals surface area contributed by atoms with E-state index in [2.05, 4.69) is 6.07 Å². The van der Waals surface area contributed by atoms with Crippen molar-refractivity contribution in [2.24, 2.45) is 0 Å². The normalized spacial score (nSPS) is 10.5. The number of furan rings is 1. The van der Waals surface area contributed by atoms with E-state index in [0.717, 1.165) is 16.5 Å². The predicted molar refractivity (Wildman–Crippen MR) is 49.4 cm³/mol. The van der Waals surface area contributed by atoms with Crippen LogP contribution >= 0.6 is 0 Å². The highest BCUT2D eigenvalue weighted by Crippen LogP contribution is 2.19. The van der Waals surface area contributed by atoms with Gasteiger partial charge in [-0.2, -0.15) is 0 Å². The van der Waals surface area contributed by atoms with Crippen molar-refractivity contribution in [1.82, 2.24) is 0 Å². The Morgan fingerprint density at radius 2 is 2.38 bits per heavy atom. The standard InChI is InChI=1S/C11H9O2/c1-8(12)7-9-3-2-4-11-10(9)5-6-13-11/h2-4,6H,7H2,1H3. The summed E-state index contributed by atoms with van der Waals surface area (Å²) in [4.78, 5) is 10.9. The molecular formula is C11H9O2. The Morgan fingerprint density at radius 3 is 3.15 bits per heavy atom. The summed E-state index contributed by atoms with van der Waals surface area (Å²) in [5.74, 6) is 0.155. The highest BCUT2D eigenvalue weighted by Gasteiger charge is 2.04. The van der Waals surface area contributed by atoms with Crippen LogP contribution in [0.1, 0.15) is 12.5 Å². The molecule has 0 N–H and O–H groups in total. The van der Waals surface area contributed by atoms with Gasteiger partial charge in [-0.3, -0.25) is 4.79 Å². The molecule has 13 heavy (non-hydrogen) atoms. The second-order valence-electron chi connectivity index (χ2n) is 3.05. The van der Waals surface area contributed by atoms with Crippen LogP contribution in [0.5, 0.6) is 0 Å². The fraction of sp³-hybridized carbons (Fsp3) is 0.182. The summed E-state index contributed by atoms with van der Waals surface area (Å²) in [5, 5.41) is 0.915. The maximum atomic E-state index is 10.9. The number of benzene rings is 1. The van der Waals surface area contributed by atoms with Gasteiger partial charge in [0.25, 0.3) is 0 Å². The first-order chi connectivity index (χ1) is 6.27. The summed E-state index contributed by atoms with van der Waals surface area (Å²) >= 11 is 0. The Kier molecular flexibility index (Phi) is 1.89. The Labute approximate surface area is 76.2 Å². The van der Waals surface area contributed by atoms with Gasteiger partial charge in [-0.25, -0.2) is 0 Å². The number of carbonyl (C=O) groups is 1. The van der Waals surface area contributed by atoms with Crippen LogP contribution < -0.4 is 0 Å². The molecule has 0 spiro atoms. The first kappa shape index (κ1) is 8.05. The third-order valence-electron chi connectivity index (χ3n) is 1.94. The molecule has 0 amide bonds. The van der Waals surface area contributed by atoms with E-state index in [4.69, 9.17) is 4.42 Å². The molecule has 65 valence electrons. The van der Waals surface area contributed by atoms with Gasteiger partial charge < -0.3 is 4.42 Å². The Hall–Kier alpha value is -1.57. The van der Waals surface area contributed by atoms with Gasteiger partial charge in [-0.05, 0) is 18.6 Å². The van der Waals surface area contributed by atoms with Crippen LogP contribution in [-0.4, -0.2) is 5.78 Å². The predicted octanol–water partition coefficient (Wildman–Crippen LogP) is 2.36. The largest absolute Gasteiger partial charge is 0.464 e. The van der Waals surface area contributed by atoms with Crippen LogP contribution in [0.4, 0.5) is 0 Å². The van der Waals surface area contributed by atoms with Crippen molar-refractivity contribution < 1.29 is 9.21 Å². The molecule has 1 aromatic carbocycles. The molecule has 0 atom stereocenters. The highest BCUT2D eigenvalue weighted by atomic mass is 16.3. The molecule has 0 aliphatic heterocycles. The number of rotatable bonds is 2. The number of hydrogen-bond donors (Lipinski definition) is 0. The van der Waals surface area contributed by atoms with Gasteiger partial charge >= 0.3 is 0 Å². The SMILES string of the molecule is CC(=O)Cc1cccc2oc[c]c12. The fourth-order valence-corrected chi connectivity index (χ4v) is 1.41. The zero-order chi connectivity index (χ0) is 9.26. The quantitative estimate of drug-likeness (QED) is 0.697. The van der Waals surface area contributed by atoms with Crippen molar-refractivity contribution in [2.45, 2.75) is 13.3 Å². The van der Waals surface area contributed by atoms with Crippen molar-refractivity contribution in [3.8, 4) is 0 Å². The van der Waals surface area contributed by atoms with E-state index in [9.17, 15) is 4.79 Å². The number of carbonyl (C=O) groups excluding carboxylic acids is 1. The smallest absolute Gasteiger partial charge is 0.134 e. The molecule has 0 aliphatic rings. The van der Waals surface area contributed by atoms with Crippen LogP contribution in [0.15, 0.2) is 28.9 Å². The maximum absolute atomic E-state index is 10.9. The van der Waals surface area contributed by atoms with E-state index < -0.39 is 0 Å². The summed E-state index contributed by atoms with van der Waals surface area (Å²) in [6, 6.07) is 8.66.